The smallest absolute Gasteiger partial charge is 0.0702 e. The summed E-state index contributed by atoms with van der Waals surface area (Å²) in [6.45, 7) is 12.1. The lowest BCUT2D eigenvalue weighted by Gasteiger charge is -2.32. The maximum absolute atomic E-state index is 5.75. The molecule has 3 nitrogen and oxygen atoms in total. The summed E-state index contributed by atoms with van der Waals surface area (Å²) in [6.07, 6.45) is 5.28. The Morgan fingerprint density at radius 1 is 1.32 bits per heavy atom. The van der Waals surface area contributed by atoms with Gasteiger partial charge in [0.25, 0.3) is 0 Å². The molecule has 1 aliphatic heterocycles. The molecule has 3 unspecified atom stereocenters. The number of rotatable bonds is 7. The summed E-state index contributed by atoms with van der Waals surface area (Å²) >= 11 is 0. The van der Waals surface area contributed by atoms with Gasteiger partial charge in [-0.15, -0.1) is 0 Å². The van der Waals surface area contributed by atoms with Gasteiger partial charge in [-0.2, -0.15) is 0 Å². The first-order valence-corrected chi connectivity index (χ1v) is 7.88. The van der Waals surface area contributed by atoms with Crippen LogP contribution in [-0.4, -0.2) is 43.8 Å². The van der Waals surface area contributed by atoms with E-state index in [0.29, 0.717) is 17.6 Å². The topological polar surface area (TPSA) is 38.5 Å². The number of likely N-dealkylation sites (N-methyl/N-ethyl adjacent to an activating group) is 1. The Balaban J connectivity index is 2.31. The zero-order valence-electron chi connectivity index (χ0n) is 13.6. The van der Waals surface area contributed by atoms with Crippen molar-refractivity contribution in [1.29, 1.82) is 0 Å². The van der Waals surface area contributed by atoms with Gasteiger partial charge >= 0.3 is 0 Å². The molecule has 1 fully saturated rings. The fourth-order valence-corrected chi connectivity index (χ4v) is 3.26. The largest absolute Gasteiger partial charge is 0.377 e. The molecule has 0 aliphatic carbocycles. The van der Waals surface area contributed by atoms with E-state index in [1.54, 1.807) is 0 Å². The molecule has 0 aromatic carbocycles. The van der Waals surface area contributed by atoms with Crippen molar-refractivity contribution in [2.75, 3.05) is 26.7 Å². The van der Waals surface area contributed by atoms with Crippen molar-refractivity contribution >= 4 is 0 Å². The van der Waals surface area contributed by atoms with Crippen molar-refractivity contribution < 1.29 is 4.74 Å². The van der Waals surface area contributed by atoms with E-state index in [1.807, 2.05) is 0 Å². The number of hydrogen-bond acceptors (Lipinski definition) is 3. The van der Waals surface area contributed by atoms with E-state index in [-0.39, 0.29) is 0 Å². The van der Waals surface area contributed by atoms with Crippen LogP contribution in [0, 0.1) is 11.3 Å². The molecule has 1 heterocycles. The Bertz CT molecular complexity index is 250. The maximum atomic E-state index is 5.75. The molecule has 2 N–H and O–H groups in total. The Labute approximate surface area is 119 Å². The molecule has 0 spiro atoms. The van der Waals surface area contributed by atoms with Gasteiger partial charge in [0.1, 0.15) is 0 Å². The average Bonchev–Trinajstić information content (AvgIpc) is 2.73. The zero-order chi connectivity index (χ0) is 14.5. The van der Waals surface area contributed by atoms with Crippen LogP contribution in [-0.2, 0) is 4.74 Å². The van der Waals surface area contributed by atoms with Crippen LogP contribution in [0.4, 0.5) is 0 Å². The van der Waals surface area contributed by atoms with E-state index < -0.39 is 0 Å². The fourth-order valence-electron chi connectivity index (χ4n) is 3.26. The second-order valence-electron chi connectivity index (χ2n) is 7.20. The molecule has 3 atom stereocenters. The highest BCUT2D eigenvalue weighted by Crippen LogP contribution is 2.32. The summed E-state index contributed by atoms with van der Waals surface area (Å²) in [5.74, 6) is 0.739. The molecule has 1 rings (SSSR count). The van der Waals surface area contributed by atoms with Gasteiger partial charge < -0.3 is 15.4 Å². The lowest BCUT2D eigenvalue weighted by molar-refractivity contribution is 0.0816. The minimum atomic E-state index is 0.377. The van der Waals surface area contributed by atoms with Crippen LogP contribution in [0.1, 0.15) is 53.4 Å². The molecule has 0 amide bonds. The van der Waals surface area contributed by atoms with Crippen molar-refractivity contribution in [3.63, 3.8) is 0 Å². The summed E-state index contributed by atoms with van der Waals surface area (Å²) in [5, 5.41) is 0. The van der Waals surface area contributed by atoms with Crippen LogP contribution in [0.5, 0.6) is 0 Å². The predicted molar refractivity (Wildman–Crippen MR) is 82.3 cm³/mol. The molecule has 0 bridgehead atoms. The number of nitrogens with two attached hydrogens (primary N) is 1. The lowest BCUT2D eigenvalue weighted by atomic mass is 9.76. The molecule has 0 saturated carbocycles. The summed E-state index contributed by atoms with van der Waals surface area (Å²) < 4.78 is 5.65. The van der Waals surface area contributed by atoms with Crippen LogP contribution >= 0.6 is 0 Å². The quantitative estimate of drug-likeness (QED) is 0.773. The normalized spacial score (nSPS) is 26.1. The van der Waals surface area contributed by atoms with E-state index in [0.717, 1.165) is 25.5 Å². The monoisotopic (exact) mass is 270 g/mol. The van der Waals surface area contributed by atoms with Crippen molar-refractivity contribution in [3.8, 4) is 0 Å². The van der Waals surface area contributed by atoms with Gasteiger partial charge in [-0.25, -0.2) is 0 Å². The highest BCUT2D eigenvalue weighted by atomic mass is 16.5. The maximum Gasteiger partial charge on any atom is 0.0702 e. The molecule has 0 aromatic rings. The summed E-state index contributed by atoms with van der Waals surface area (Å²) in [4.78, 5) is 2.49. The van der Waals surface area contributed by atoms with Gasteiger partial charge in [0.15, 0.2) is 0 Å². The fraction of sp³-hybridized carbons (Fsp3) is 1.00. The van der Waals surface area contributed by atoms with Gasteiger partial charge in [0.2, 0.25) is 0 Å². The van der Waals surface area contributed by atoms with E-state index in [4.69, 9.17) is 10.5 Å². The molecular formula is C16H34N2O. The Kier molecular flexibility index (Phi) is 6.78. The standard InChI is InChI=1S/C16H34N2O/c1-13-15(9-12-19-13)18(5)11-6-7-14(8-10-17)16(2,3)4/h13-15H,6-12,17H2,1-5H3. The Morgan fingerprint density at radius 2 is 2.00 bits per heavy atom. The molecule has 0 aromatic heterocycles. The molecule has 114 valence electrons. The SMILES string of the molecule is CC1OCCC1N(C)CCCC(CCN)C(C)(C)C. The van der Waals surface area contributed by atoms with Crippen molar-refractivity contribution in [1.82, 2.24) is 4.90 Å². The second-order valence-corrected chi connectivity index (χ2v) is 7.20. The summed E-state index contributed by atoms with van der Waals surface area (Å²) in [5.41, 5.74) is 6.13. The highest BCUT2D eigenvalue weighted by molar-refractivity contribution is 4.81. The Hall–Kier alpha value is -0.120. The van der Waals surface area contributed by atoms with E-state index >= 15 is 0 Å². The molecule has 3 heteroatoms. The van der Waals surface area contributed by atoms with E-state index in [1.165, 1.54) is 25.8 Å². The summed E-state index contributed by atoms with van der Waals surface area (Å²) in [6, 6.07) is 0.614. The van der Waals surface area contributed by atoms with Gasteiger partial charge in [0, 0.05) is 12.6 Å². The van der Waals surface area contributed by atoms with Crippen LogP contribution in [0.2, 0.25) is 0 Å². The van der Waals surface area contributed by atoms with E-state index in [2.05, 4.69) is 39.6 Å². The first kappa shape index (κ1) is 16.9. The van der Waals surface area contributed by atoms with Crippen LogP contribution in [0.15, 0.2) is 0 Å². The van der Waals surface area contributed by atoms with Gasteiger partial charge in [0.05, 0.1) is 6.10 Å². The minimum Gasteiger partial charge on any atom is -0.377 e. The van der Waals surface area contributed by atoms with Crippen molar-refractivity contribution in [2.24, 2.45) is 17.1 Å². The Morgan fingerprint density at radius 3 is 2.47 bits per heavy atom. The first-order chi connectivity index (χ1) is 8.86. The molecule has 1 aliphatic rings. The predicted octanol–water partition coefficient (Wildman–Crippen LogP) is 2.89. The number of nitrogens with zero attached hydrogens (tertiary/aromatic N) is 1. The molecular weight excluding hydrogens is 236 g/mol. The summed E-state index contributed by atoms with van der Waals surface area (Å²) in [7, 11) is 2.24. The van der Waals surface area contributed by atoms with Crippen molar-refractivity contribution in [3.05, 3.63) is 0 Å². The lowest BCUT2D eigenvalue weighted by Crippen LogP contribution is -2.37. The van der Waals surface area contributed by atoms with Gasteiger partial charge in [-0.05, 0) is 64.1 Å². The van der Waals surface area contributed by atoms with E-state index in [9.17, 15) is 0 Å². The third kappa shape index (κ3) is 5.41. The zero-order valence-corrected chi connectivity index (χ0v) is 13.6. The number of ether oxygens (including phenoxy) is 1. The van der Waals surface area contributed by atoms with Crippen LogP contribution in [0.25, 0.3) is 0 Å². The average molecular weight is 270 g/mol. The minimum absolute atomic E-state index is 0.377. The van der Waals surface area contributed by atoms with Crippen LogP contribution in [0.3, 0.4) is 0 Å². The number of hydrogen-bond donors (Lipinski definition) is 1. The molecule has 0 radical (unpaired) electrons. The third-order valence-corrected chi connectivity index (χ3v) is 4.71. The third-order valence-electron chi connectivity index (χ3n) is 4.71. The second kappa shape index (κ2) is 7.61. The van der Waals surface area contributed by atoms with Gasteiger partial charge in [-0.1, -0.05) is 20.8 Å². The first-order valence-electron chi connectivity index (χ1n) is 7.88. The highest BCUT2D eigenvalue weighted by Gasteiger charge is 2.28. The van der Waals surface area contributed by atoms with Crippen molar-refractivity contribution in [2.45, 2.75) is 65.5 Å². The van der Waals surface area contributed by atoms with Gasteiger partial charge in [-0.3, -0.25) is 0 Å². The van der Waals surface area contributed by atoms with Crippen LogP contribution < -0.4 is 5.73 Å². The molecule has 19 heavy (non-hydrogen) atoms. The molecule has 1 saturated heterocycles.